The van der Waals surface area contributed by atoms with Crippen LogP contribution in [0.25, 0.3) is 10.9 Å². The standard InChI is InChI=1S/C25H25N3O3S/c1-27(2)32(30,31)24-15-9-6-12-20(24)16-26-25(29)22-18-28(17-19-10-4-3-5-11-19)23-14-8-7-13-21(22)23/h3-15,18H,16-17H2,1-2H3,(H,26,29). The van der Waals surface area contributed by atoms with Crippen molar-refractivity contribution in [1.29, 1.82) is 0 Å². The quantitative estimate of drug-likeness (QED) is 0.468. The van der Waals surface area contributed by atoms with E-state index in [9.17, 15) is 13.2 Å². The molecule has 1 heterocycles. The first-order valence-corrected chi connectivity index (χ1v) is 11.7. The van der Waals surface area contributed by atoms with Crippen molar-refractivity contribution in [3.63, 3.8) is 0 Å². The Hall–Kier alpha value is -3.42. The van der Waals surface area contributed by atoms with Gasteiger partial charge in [-0.1, -0.05) is 66.7 Å². The molecular weight excluding hydrogens is 422 g/mol. The van der Waals surface area contributed by atoms with Gasteiger partial charge in [0.05, 0.1) is 10.5 Å². The zero-order chi connectivity index (χ0) is 22.7. The Balaban J connectivity index is 1.61. The van der Waals surface area contributed by atoms with E-state index in [1.54, 1.807) is 24.3 Å². The number of hydrogen-bond acceptors (Lipinski definition) is 3. The zero-order valence-electron chi connectivity index (χ0n) is 18.0. The molecule has 4 aromatic rings. The molecule has 0 saturated carbocycles. The van der Waals surface area contributed by atoms with Gasteiger partial charge in [-0.05, 0) is 23.3 Å². The average molecular weight is 448 g/mol. The lowest BCUT2D eigenvalue weighted by atomic mass is 10.1. The molecule has 1 amide bonds. The van der Waals surface area contributed by atoms with Crippen molar-refractivity contribution in [3.05, 3.63) is 102 Å². The van der Waals surface area contributed by atoms with Crippen LogP contribution in [0.3, 0.4) is 0 Å². The number of rotatable bonds is 7. The summed E-state index contributed by atoms with van der Waals surface area (Å²) in [6.07, 6.45) is 1.86. The van der Waals surface area contributed by atoms with E-state index in [0.717, 1.165) is 16.5 Å². The minimum Gasteiger partial charge on any atom is -0.348 e. The Morgan fingerprint density at radius 2 is 1.56 bits per heavy atom. The van der Waals surface area contributed by atoms with Crippen LogP contribution in [0.15, 0.2) is 90.0 Å². The highest BCUT2D eigenvalue weighted by Gasteiger charge is 2.21. The summed E-state index contributed by atoms with van der Waals surface area (Å²) in [6, 6.07) is 24.6. The number of amides is 1. The molecule has 0 aliphatic rings. The van der Waals surface area contributed by atoms with Crippen molar-refractivity contribution in [2.75, 3.05) is 14.1 Å². The van der Waals surface area contributed by atoms with Crippen molar-refractivity contribution < 1.29 is 13.2 Å². The Labute approximate surface area is 188 Å². The molecule has 0 unspecified atom stereocenters. The first-order chi connectivity index (χ1) is 15.4. The van der Waals surface area contributed by atoms with Gasteiger partial charge in [0.2, 0.25) is 10.0 Å². The van der Waals surface area contributed by atoms with Gasteiger partial charge in [0.1, 0.15) is 0 Å². The maximum absolute atomic E-state index is 13.1. The molecule has 6 nitrogen and oxygen atoms in total. The van der Waals surface area contributed by atoms with Gasteiger partial charge in [-0.2, -0.15) is 0 Å². The van der Waals surface area contributed by atoms with E-state index in [-0.39, 0.29) is 17.3 Å². The number of aromatic nitrogens is 1. The number of fused-ring (bicyclic) bond motifs is 1. The number of hydrogen-bond donors (Lipinski definition) is 1. The summed E-state index contributed by atoms with van der Waals surface area (Å²) in [7, 11) is -0.623. The Bertz CT molecular complexity index is 1360. The highest BCUT2D eigenvalue weighted by molar-refractivity contribution is 7.89. The number of nitrogens with zero attached hydrogens (tertiary/aromatic N) is 2. The zero-order valence-corrected chi connectivity index (χ0v) is 18.8. The van der Waals surface area contributed by atoms with Gasteiger partial charge in [-0.25, -0.2) is 12.7 Å². The van der Waals surface area contributed by atoms with Crippen LogP contribution in [0.4, 0.5) is 0 Å². The maximum atomic E-state index is 13.1. The second kappa shape index (κ2) is 8.98. The number of sulfonamides is 1. The van der Waals surface area contributed by atoms with Crippen molar-refractivity contribution >= 4 is 26.8 Å². The molecule has 0 bridgehead atoms. The third kappa shape index (κ3) is 4.30. The first kappa shape index (κ1) is 21.8. The van der Waals surface area contributed by atoms with Gasteiger partial charge in [-0.3, -0.25) is 4.79 Å². The van der Waals surface area contributed by atoms with Crippen LogP contribution in [0.5, 0.6) is 0 Å². The van der Waals surface area contributed by atoms with Gasteiger partial charge in [-0.15, -0.1) is 0 Å². The summed E-state index contributed by atoms with van der Waals surface area (Å²) in [5.41, 5.74) is 3.21. The molecule has 32 heavy (non-hydrogen) atoms. The Kier molecular flexibility index (Phi) is 6.12. The van der Waals surface area contributed by atoms with E-state index >= 15 is 0 Å². The van der Waals surface area contributed by atoms with Crippen LogP contribution in [0.1, 0.15) is 21.5 Å². The van der Waals surface area contributed by atoms with Crippen molar-refractivity contribution in [2.24, 2.45) is 0 Å². The summed E-state index contributed by atoms with van der Waals surface area (Å²) in [6.45, 7) is 0.763. The average Bonchev–Trinajstić information content (AvgIpc) is 3.17. The van der Waals surface area contributed by atoms with Crippen molar-refractivity contribution in [1.82, 2.24) is 14.2 Å². The lowest BCUT2D eigenvalue weighted by Crippen LogP contribution is -2.27. The second-order valence-electron chi connectivity index (χ2n) is 7.75. The van der Waals surface area contributed by atoms with E-state index in [0.29, 0.717) is 17.7 Å². The van der Waals surface area contributed by atoms with E-state index in [4.69, 9.17) is 0 Å². The minimum atomic E-state index is -3.61. The largest absolute Gasteiger partial charge is 0.348 e. The molecule has 0 saturated heterocycles. The van der Waals surface area contributed by atoms with Gasteiger partial charge in [0.25, 0.3) is 5.91 Å². The molecule has 3 aromatic carbocycles. The van der Waals surface area contributed by atoms with E-state index in [1.807, 2.05) is 48.7 Å². The van der Waals surface area contributed by atoms with Crippen LogP contribution in [-0.2, 0) is 23.1 Å². The highest BCUT2D eigenvalue weighted by atomic mass is 32.2. The fourth-order valence-corrected chi connectivity index (χ4v) is 4.82. The predicted molar refractivity (Wildman–Crippen MR) is 126 cm³/mol. The first-order valence-electron chi connectivity index (χ1n) is 10.3. The van der Waals surface area contributed by atoms with Crippen molar-refractivity contribution in [2.45, 2.75) is 18.0 Å². The predicted octanol–water partition coefficient (Wildman–Crippen LogP) is 3.87. The molecule has 7 heteroatoms. The van der Waals surface area contributed by atoms with Crippen LogP contribution >= 0.6 is 0 Å². The molecule has 0 radical (unpaired) electrons. The Morgan fingerprint density at radius 1 is 0.906 bits per heavy atom. The van der Waals surface area contributed by atoms with E-state index in [1.165, 1.54) is 18.4 Å². The SMILES string of the molecule is CN(C)S(=O)(=O)c1ccccc1CNC(=O)c1cn(Cc2ccccc2)c2ccccc12. The van der Waals surface area contributed by atoms with Crippen LogP contribution in [0, 0.1) is 0 Å². The molecule has 0 spiro atoms. The lowest BCUT2D eigenvalue weighted by Gasteiger charge is -2.15. The molecule has 1 aromatic heterocycles. The summed E-state index contributed by atoms with van der Waals surface area (Å²) in [4.78, 5) is 13.3. The number of benzene rings is 3. The fourth-order valence-electron chi connectivity index (χ4n) is 3.71. The normalized spacial score (nSPS) is 11.7. The minimum absolute atomic E-state index is 0.111. The monoisotopic (exact) mass is 447 g/mol. The van der Waals surface area contributed by atoms with Gasteiger partial charge < -0.3 is 9.88 Å². The fraction of sp³-hybridized carbons (Fsp3) is 0.160. The van der Waals surface area contributed by atoms with Gasteiger partial charge in [0, 0.05) is 44.3 Å². The third-order valence-electron chi connectivity index (χ3n) is 5.40. The van der Waals surface area contributed by atoms with Gasteiger partial charge in [0.15, 0.2) is 0 Å². The summed E-state index contributed by atoms with van der Waals surface area (Å²) in [5, 5.41) is 3.76. The number of para-hydroxylation sites is 1. The summed E-state index contributed by atoms with van der Waals surface area (Å²) < 4.78 is 28.5. The molecular formula is C25H25N3O3S. The molecule has 164 valence electrons. The molecule has 0 fully saturated rings. The van der Waals surface area contributed by atoms with Crippen molar-refractivity contribution in [3.8, 4) is 0 Å². The molecule has 0 aliphatic carbocycles. The maximum Gasteiger partial charge on any atom is 0.253 e. The second-order valence-corrected chi connectivity index (χ2v) is 9.87. The summed E-state index contributed by atoms with van der Waals surface area (Å²) >= 11 is 0. The van der Waals surface area contributed by atoms with Gasteiger partial charge >= 0.3 is 0 Å². The number of nitrogens with one attached hydrogen (secondary N) is 1. The topological polar surface area (TPSA) is 71.4 Å². The van der Waals surface area contributed by atoms with E-state index in [2.05, 4.69) is 22.0 Å². The molecule has 0 aliphatic heterocycles. The Morgan fingerprint density at radius 3 is 2.31 bits per heavy atom. The highest BCUT2D eigenvalue weighted by Crippen LogP contribution is 2.23. The van der Waals surface area contributed by atoms with Crippen LogP contribution < -0.4 is 5.32 Å². The lowest BCUT2D eigenvalue weighted by molar-refractivity contribution is 0.0952. The third-order valence-corrected chi connectivity index (χ3v) is 7.32. The van der Waals surface area contributed by atoms with Crippen LogP contribution in [-0.4, -0.2) is 37.3 Å². The van der Waals surface area contributed by atoms with E-state index < -0.39 is 10.0 Å². The molecule has 4 rings (SSSR count). The summed E-state index contributed by atoms with van der Waals surface area (Å²) in [5.74, 6) is -0.245. The molecule has 0 atom stereocenters. The smallest absolute Gasteiger partial charge is 0.253 e. The molecule has 1 N–H and O–H groups in total. The number of carbonyl (C=O) groups excluding carboxylic acids is 1. The van der Waals surface area contributed by atoms with Crippen LogP contribution in [0.2, 0.25) is 0 Å². The number of carbonyl (C=O) groups is 1.